The molecule has 2 aliphatic carbocycles. The number of rotatable bonds is 1. The molecule has 1 atom stereocenters. The van der Waals surface area contributed by atoms with Crippen molar-refractivity contribution in [2.45, 2.75) is 17.5 Å². The second-order valence-corrected chi connectivity index (χ2v) is 9.48. The molecule has 2 heterocycles. The van der Waals surface area contributed by atoms with Crippen LogP contribution in [0.4, 0.5) is 0 Å². The fraction of sp³-hybridized carbons (Fsp3) is 0.130. The van der Waals surface area contributed by atoms with Crippen LogP contribution in [0.3, 0.4) is 0 Å². The Kier molecular flexibility index (Phi) is 8.41. The maximum absolute atomic E-state index is 4.54. The van der Waals surface area contributed by atoms with Gasteiger partial charge in [0, 0.05) is 5.31 Å². The number of nitrogens with zero attached hydrogens (tertiary/aromatic N) is 1. The Morgan fingerprint density at radius 1 is 1.00 bits per heavy atom. The molecule has 3 aliphatic rings. The number of aryl methyl sites for hydroxylation is 1. The van der Waals surface area contributed by atoms with E-state index in [9.17, 15) is 0 Å². The van der Waals surface area contributed by atoms with Gasteiger partial charge < -0.3 is 24.8 Å². The maximum Gasteiger partial charge on any atom is -1.00 e. The van der Waals surface area contributed by atoms with Crippen LogP contribution in [0.1, 0.15) is 32.9 Å². The van der Waals surface area contributed by atoms with Crippen LogP contribution in [0.5, 0.6) is 0 Å². The molecular formula is C23H19Cl2NPZr. The number of pyridine rings is 1. The molecule has 0 saturated carbocycles. The van der Waals surface area contributed by atoms with Gasteiger partial charge in [-0.2, -0.15) is 0 Å². The number of allylic oxidation sites excluding steroid dienone is 7. The average molecular weight is 503 g/mol. The summed E-state index contributed by atoms with van der Waals surface area (Å²) in [5, 5.41) is 2.92. The van der Waals surface area contributed by atoms with E-state index in [0.717, 1.165) is 5.69 Å². The van der Waals surface area contributed by atoms with Gasteiger partial charge in [-0.1, -0.05) is 20.4 Å². The van der Waals surface area contributed by atoms with Crippen LogP contribution in [-0.2, 0) is 24.7 Å². The summed E-state index contributed by atoms with van der Waals surface area (Å²) in [6, 6.07) is 12.9. The number of fused-ring (bicyclic) bond motifs is 2. The number of hydrogen-bond acceptors (Lipinski definition) is 1. The van der Waals surface area contributed by atoms with Crippen LogP contribution in [0.25, 0.3) is 11.6 Å². The van der Waals surface area contributed by atoms with E-state index >= 15 is 0 Å². The standard InChI is InChI=1S/C15H12N.C8H7P.2ClH.Zr/c1-11-6-7-15(16-10-11)14-8-12-4-2-3-5-13(12)9-14;1-6-5-7-3-2-4-8(7)9-6;;;/h2-10H,1H3;2-5H,1H3;2*1H;/q;;;;+2/p-2. The molecule has 2 aromatic rings. The molecule has 139 valence electrons. The third kappa shape index (κ3) is 4.92. The molecule has 0 bridgehead atoms. The van der Waals surface area contributed by atoms with Crippen molar-refractivity contribution >= 4 is 25.1 Å². The van der Waals surface area contributed by atoms with E-state index in [1.807, 2.05) is 6.20 Å². The molecule has 28 heavy (non-hydrogen) atoms. The van der Waals surface area contributed by atoms with Crippen LogP contribution >= 0.6 is 8.20 Å². The first kappa shape index (κ1) is 23.2. The molecule has 1 aromatic heterocycles. The van der Waals surface area contributed by atoms with Gasteiger partial charge in [-0.3, -0.25) is 0 Å². The smallest absolute Gasteiger partial charge is 1.00 e. The maximum atomic E-state index is 4.54. The molecule has 1 unspecified atom stereocenters. The van der Waals surface area contributed by atoms with Gasteiger partial charge in [-0.05, 0) is 29.9 Å². The van der Waals surface area contributed by atoms with E-state index in [2.05, 4.69) is 85.6 Å². The van der Waals surface area contributed by atoms with Crippen molar-refractivity contribution in [3.8, 4) is 0 Å². The molecule has 0 N–H and O–H groups in total. The quantitative estimate of drug-likeness (QED) is 0.503. The van der Waals surface area contributed by atoms with Crippen LogP contribution in [0, 0.1) is 6.92 Å². The molecule has 1 aliphatic heterocycles. The molecule has 0 amide bonds. The van der Waals surface area contributed by atoms with Crippen molar-refractivity contribution < 1.29 is 49.5 Å². The topological polar surface area (TPSA) is 12.9 Å². The first-order valence-corrected chi connectivity index (χ1v) is 11.0. The zero-order valence-corrected chi connectivity index (χ0v) is 20.5. The first-order chi connectivity index (χ1) is 12.6. The Labute approximate surface area is 196 Å². The monoisotopic (exact) mass is 500 g/mol. The number of halogens is 2. The molecular weight excluding hydrogens is 483 g/mol. The third-order valence-electron chi connectivity index (χ3n) is 4.62. The fourth-order valence-corrected chi connectivity index (χ4v) is 5.51. The Balaban J connectivity index is 0.000000218. The van der Waals surface area contributed by atoms with E-state index in [0.29, 0.717) is 3.63 Å². The summed E-state index contributed by atoms with van der Waals surface area (Å²) < 4.78 is 0.536. The molecule has 5 heteroatoms. The summed E-state index contributed by atoms with van der Waals surface area (Å²) >= 11 is 1.53. The van der Waals surface area contributed by atoms with Gasteiger partial charge in [0.05, 0.1) is 0 Å². The van der Waals surface area contributed by atoms with E-state index in [1.165, 1.54) is 71.4 Å². The molecule has 0 radical (unpaired) electrons. The van der Waals surface area contributed by atoms with Gasteiger partial charge in [0.1, 0.15) is 0 Å². The summed E-state index contributed by atoms with van der Waals surface area (Å²) in [5.74, 6) is 0. The molecule has 0 saturated heterocycles. The second-order valence-electron chi connectivity index (χ2n) is 6.65. The SMILES string of the molecule is CC1=PC2=CC=CC2=C1.Cc1ccc(C2=Cc3ccccc3[CH]2[Zr+2])nc1.[Cl-].[Cl-]. The predicted octanol–water partition coefficient (Wildman–Crippen LogP) is 0.0587. The van der Waals surface area contributed by atoms with Crippen molar-refractivity contribution in [3.05, 3.63) is 100 Å². The Morgan fingerprint density at radius 2 is 1.79 bits per heavy atom. The minimum absolute atomic E-state index is 0. The van der Waals surface area contributed by atoms with E-state index in [1.54, 1.807) is 0 Å². The first-order valence-electron chi connectivity index (χ1n) is 8.72. The van der Waals surface area contributed by atoms with Gasteiger partial charge in [0.25, 0.3) is 0 Å². The zero-order chi connectivity index (χ0) is 18.1. The van der Waals surface area contributed by atoms with E-state index < -0.39 is 0 Å². The van der Waals surface area contributed by atoms with Crippen molar-refractivity contribution in [1.29, 1.82) is 0 Å². The van der Waals surface area contributed by atoms with Crippen molar-refractivity contribution in [3.63, 3.8) is 0 Å². The summed E-state index contributed by atoms with van der Waals surface area (Å²) in [6.07, 6.45) is 12.9. The van der Waals surface area contributed by atoms with Crippen molar-refractivity contribution in [2.24, 2.45) is 0 Å². The normalized spacial score (nSPS) is 18.2. The molecule has 1 nitrogen and oxygen atoms in total. The van der Waals surface area contributed by atoms with E-state index in [4.69, 9.17) is 0 Å². The number of aromatic nitrogens is 1. The molecule has 1 aromatic carbocycles. The average Bonchev–Trinajstić information content (AvgIpc) is 3.30. The van der Waals surface area contributed by atoms with Gasteiger partial charge >= 0.3 is 117 Å². The van der Waals surface area contributed by atoms with Gasteiger partial charge in [0.15, 0.2) is 0 Å². The van der Waals surface area contributed by atoms with Crippen LogP contribution in [-0.4, -0.2) is 10.3 Å². The third-order valence-corrected chi connectivity index (χ3v) is 7.28. The zero-order valence-electron chi connectivity index (χ0n) is 15.7. The predicted molar refractivity (Wildman–Crippen MR) is 109 cm³/mol. The van der Waals surface area contributed by atoms with Gasteiger partial charge in [0.2, 0.25) is 0 Å². The minimum Gasteiger partial charge on any atom is -1.00 e. The molecule has 5 rings (SSSR count). The molecule has 0 spiro atoms. The second kappa shape index (κ2) is 10.1. The minimum atomic E-state index is 0. The van der Waals surface area contributed by atoms with Crippen LogP contribution in [0.15, 0.2) is 77.8 Å². The van der Waals surface area contributed by atoms with E-state index in [-0.39, 0.29) is 24.8 Å². The fourth-order valence-electron chi connectivity index (χ4n) is 3.28. The molecule has 0 fully saturated rings. The summed E-state index contributed by atoms with van der Waals surface area (Å²) in [7, 11) is 1.40. The van der Waals surface area contributed by atoms with Crippen molar-refractivity contribution in [1.82, 2.24) is 4.98 Å². The Hall–Kier alpha value is -1.04. The summed E-state index contributed by atoms with van der Waals surface area (Å²) in [6.45, 7) is 4.24. The Morgan fingerprint density at radius 3 is 2.46 bits per heavy atom. The number of hydrogen-bond donors (Lipinski definition) is 0. The van der Waals surface area contributed by atoms with Gasteiger partial charge in [-0.25, -0.2) is 0 Å². The van der Waals surface area contributed by atoms with Gasteiger partial charge in [-0.15, -0.1) is 0 Å². The summed E-state index contributed by atoms with van der Waals surface area (Å²) in [4.78, 5) is 4.54. The van der Waals surface area contributed by atoms with Crippen LogP contribution < -0.4 is 24.8 Å². The number of benzene rings is 1. The van der Waals surface area contributed by atoms with Crippen LogP contribution in [0.2, 0.25) is 0 Å². The Bertz CT molecular complexity index is 1020. The van der Waals surface area contributed by atoms with Crippen molar-refractivity contribution in [2.75, 3.05) is 0 Å². The summed E-state index contributed by atoms with van der Waals surface area (Å²) in [5.41, 5.74) is 7.91. The largest absolute Gasteiger partial charge is 1.00 e.